The van der Waals surface area contributed by atoms with E-state index >= 15 is 0 Å². The van der Waals surface area contributed by atoms with Crippen LogP contribution in [0.1, 0.15) is 101 Å². The first-order chi connectivity index (χ1) is 11.6. The van der Waals surface area contributed by atoms with Crippen molar-refractivity contribution in [1.29, 1.82) is 0 Å². The maximum atomic E-state index is 5.86. The molecule has 0 aromatic carbocycles. The van der Waals surface area contributed by atoms with E-state index in [1.807, 2.05) is 11.6 Å². The van der Waals surface area contributed by atoms with Crippen molar-refractivity contribution >= 4 is 5.71 Å². The van der Waals surface area contributed by atoms with Gasteiger partial charge in [-0.2, -0.15) is 0 Å². The number of nitrogens with zero attached hydrogens (tertiary/aromatic N) is 4. The molecule has 150 valence electrons. The third kappa shape index (κ3) is 6.73. The second kappa shape index (κ2) is 8.10. The van der Waals surface area contributed by atoms with E-state index in [0.717, 1.165) is 24.2 Å². The van der Waals surface area contributed by atoms with Crippen molar-refractivity contribution in [3.05, 3.63) is 11.9 Å². The van der Waals surface area contributed by atoms with Gasteiger partial charge in [0.1, 0.15) is 5.60 Å². The number of rotatable bonds is 7. The Kier molecular flexibility index (Phi) is 7.05. The second-order valence-corrected chi connectivity index (χ2v) is 10.3. The Morgan fingerprint density at radius 3 is 2.15 bits per heavy atom. The highest BCUT2D eigenvalue weighted by Gasteiger charge is 2.26. The molecular weight excluding hydrogens is 324 g/mol. The fraction of sp³-hybridized carbons (Fsp3) is 0.857. The molecule has 0 saturated carbocycles. The summed E-state index contributed by atoms with van der Waals surface area (Å²) in [6.45, 7) is 23.6. The summed E-state index contributed by atoms with van der Waals surface area (Å²) in [5, 5.41) is 13.1. The molecule has 0 N–H and O–H groups in total. The lowest BCUT2D eigenvalue weighted by atomic mass is 9.86. The molecule has 0 bridgehead atoms. The average Bonchev–Trinajstić information content (AvgIpc) is 2.98. The van der Waals surface area contributed by atoms with Crippen LogP contribution in [-0.2, 0) is 10.4 Å². The third-order valence-corrected chi connectivity index (χ3v) is 5.24. The van der Waals surface area contributed by atoms with Crippen molar-refractivity contribution in [2.24, 2.45) is 16.5 Å². The Bertz CT molecular complexity index is 602. The van der Waals surface area contributed by atoms with Gasteiger partial charge >= 0.3 is 0 Å². The molecule has 0 unspecified atom stereocenters. The van der Waals surface area contributed by atoms with E-state index in [1.54, 1.807) is 0 Å². The molecule has 0 spiro atoms. The Morgan fingerprint density at radius 2 is 1.69 bits per heavy atom. The molecule has 0 fully saturated rings. The van der Waals surface area contributed by atoms with Crippen molar-refractivity contribution in [2.75, 3.05) is 0 Å². The molecule has 0 saturated heterocycles. The van der Waals surface area contributed by atoms with E-state index in [9.17, 15) is 0 Å². The van der Waals surface area contributed by atoms with Crippen LogP contribution in [0.5, 0.6) is 0 Å². The molecule has 5 nitrogen and oxygen atoms in total. The van der Waals surface area contributed by atoms with E-state index in [2.05, 4.69) is 90.9 Å². The van der Waals surface area contributed by atoms with Crippen LogP contribution in [0.15, 0.2) is 11.4 Å². The Labute approximate surface area is 160 Å². The third-order valence-electron chi connectivity index (χ3n) is 5.24. The molecule has 0 aliphatic heterocycles. The van der Waals surface area contributed by atoms with Gasteiger partial charge in [0.25, 0.3) is 0 Å². The van der Waals surface area contributed by atoms with E-state index in [1.165, 1.54) is 0 Å². The standard InChI is InChI=1S/C21H40N4O/c1-15(16(2)18-14-25(24-22-18)20(7,8)9)12-13-21(10,11)26-23-17(3)19(4,5)6/h14-16H,12-13H2,1-11H3/b23-17+/t15-,16+/m1/s1. The van der Waals surface area contributed by atoms with Gasteiger partial charge in [0.15, 0.2) is 0 Å². The highest BCUT2D eigenvalue weighted by atomic mass is 16.6. The monoisotopic (exact) mass is 364 g/mol. The van der Waals surface area contributed by atoms with Gasteiger partial charge in [0, 0.05) is 17.5 Å². The Hall–Kier alpha value is -1.39. The second-order valence-electron chi connectivity index (χ2n) is 10.3. The van der Waals surface area contributed by atoms with Crippen LogP contribution in [0.3, 0.4) is 0 Å². The van der Waals surface area contributed by atoms with Gasteiger partial charge in [0.2, 0.25) is 0 Å². The zero-order valence-electron chi connectivity index (χ0n) is 18.8. The highest BCUT2D eigenvalue weighted by molar-refractivity contribution is 5.86. The summed E-state index contributed by atoms with van der Waals surface area (Å²) in [5.74, 6) is 0.859. The Balaban J connectivity index is 2.64. The van der Waals surface area contributed by atoms with Crippen molar-refractivity contribution in [3.8, 4) is 0 Å². The fourth-order valence-corrected chi connectivity index (χ4v) is 2.30. The van der Waals surface area contributed by atoms with Gasteiger partial charge in [0.05, 0.1) is 16.9 Å². The van der Waals surface area contributed by atoms with Gasteiger partial charge in [-0.05, 0) is 60.3 Å². The summed E-state index contributed by atoms with van der Waals surface area (Å²) in [5.41, 5.74) is 1.81. The van der Waals surface area contributed by atoms with Crippen LogP contribution in [0, 0.1) is 11.3 Å². The van der Waals surface area contributed by atoms with E-state index < -0.39 is 0 Å². The molecule has 1 aromatic rings. The van der Waals surface area contributed by atoms with Crippen molar-refractivity contribution < 1.29 is 4.84 Å². The summed E-state index contributed by atoms with van der Waals surface area (Å²) in [7, 11) is 0. The minimum absolute atomic E-state index is 0.0348. The summed E-state index contributed by atoms with van der Waals surface area (Å²) in [6, 6.07) is 0. The summed E-state index contributed by atoms with van der Waals surface area (Å²) in [4.78, 5) is 5.86. The van der Waals surface area contributed by atoms with Gasteiger partial charge in [-0.1, -0.05) is 45.0 Å². The molecular formula is C21H40N4O. The zero-order valence-corrected chi connectivity index (χ0v) is 18.8. The van der Waals surface area contributed by atoms with Gasteiger partial charge < -0.3 is 4.84 Å². The first-order valence-electron chi connectivity index (χ1n) is 9.79. The van der Waals surface area contributed by atoms with E-state index in [0.29, 0.717) is 11.8 Å². The quantitative estimate of drug-likeness (QED) is 0.456. The number of aromatic nitrogens is 3. The summed E-state index contributed by atoms with van der Waals surface area (Å²) < 4.78 is 1.95. The average molecular weight is 365 g/mol. The molecule has 0 aliphatic rings. The predicted octanol–water partition coefficient (Wildman–Crippen LogP) is 5.77. The molecule has 2 atom stereocenters. The minimum atomic E-state index is -0.274. The zero-order chi connectivity index (χ0) is 20.3. The van der Waals surface area contributed by atoms with Crippen molar-refractivity contribution in [1.82, 2.24) is 15.0 Å². The molecule has 0 radical (unpaired) electrons. The number of hydrogen-bond donors (Lipinski definition) is 0. The first-order valence-corrected chi connectivity index (χ1v) is 9.79. The number of oxime groups is 1. The molecule has 0 aliphatic carbocycles. The van der Waals surface area contributed by atoms with E-state index in [-0.39, 0.29) is 16.6 Å². The molecule has 26 heavy (non-hydrogen) atoms. The molecule has 0 amide bonds. The van der Waals surface area contributed by atoms with Crippen LogP contribution >= 0.6 is 0 Å². The van der Waals surface area contributed by atoms with Gasteiger partial charge in [-0.3, -0.25) is 0 Å². The van der Waals surface area contributed by atoms with Crippen LogP contribution in [-0.4, -0.2) is 26.3 Å². The minimum Gasteiger partial charge on any atom is -0.390 e. The lowest BCUT2D eigenvalue weighted by molar-refractivity contribution is -0.0258. The summed E-state index contributed by atoms with van der Waals surface area (Å²) >= 11 is 0. The van der Waals surface area contributed by atoms with E-state index in [4.69, 9.17) is 4.84 Å². The van der Waals surface area contributed by atoms with Crippen LogP contribution < -0.4 is 0 Å². The topological polar surface area (TPSA) is 52.3 Å². The smallest absolute Gasteiger partial charge is 0.132 e. The van der Waals surface area contributed by atoms with Crippen LogP contribution in [0.4, 0.5) is 0 Å². The van der Waals surface area contributed by atoms with Gasteiger partial charge in [-0.15, -0.1) is 5.10 Å². The Morgan fingerprint density at radius 1 is 1.12 bits per heavy atom. The van der Waals surface area contributed by atoms with Crippen molar-refractivity contribution in [3.63, 3.8) is 0 Å². The molecule has 1 rings (SSSR count). The summed E-state index contributed by atoms with van der Waals surface area (Å²) in [6.07, 6.45) is 4.09. The first kappa shape index (κ1) is 22.7. The fourth-order valence-electron chi connectivity index (χ4n) is 2.30. The maximum Gasteiger partial charge on any atom is 0.132 e. The molecule has 1 aromatic heterocycles. The predicted molar refractivity (Wildman–Crippen MR) is 110 cm³/mol. The lowest BCUT2D eigenvalue weighted by Gasteiger charge is -2.27. The van der Waals surface area contributed by atoms with Gasteiger partial charge in [-0.25, -0.2) is 4.68 Å². The highest BCUT2D eigenvalue weighted by Crippen LogP contribution is 2.30. The molecule has 5 heteroatoms. The lowest BCUT2D eigenvalue weighted by Crippen LogP contribution is -2.26. The largest absolute Gasteiger partial charge is 0.390 e. The number of hydrogen-bond acceptors (Lipinski definition) is 4. The molecule has 1 heterocycles. The van der Waals surface area contributed by atoms with Crippen molar-refractivity contribution in [2.45, 2.75) is 106 Å². The van der Waals surface area contributed by atoms with Crippen LogP contribution in [0.25, 0.3) is 0 Å². The SMILES string of the molecule is C/C(=N\OC(C)(C)CC[C@@H](C)[C@H](C)c1cn(C(C)(C)C)nn1)C(C)(C)C. The maximum absolute atomic E-state index is 5.86. The van der Waals surface area contributed by atoms with Crippen LogP contribution in [0.2, 0.25) is 0 Å². The normalized spacial score (nSPS) is 16.5.